The molecule has 2 bridgehead atoms. The normalized spacial score (nSPS) is 21.9. The van der Waals surface area contributed by atoms with Crippen molar-refractivity contribution in [1.82, 2.24) is 9.88 Å². The molecule has 0 radical (unpaired) electrons. The molecule has 1 aromatic heterocycles. The summed E-state index contributed by atoms with van der Waals surface area (Å²) in [4.78, 5) is 7.15. The van der Waals surface area contributed by atoms with E-state index in [-0.39, 0.29) is 0 Å². The van der Waals surface area contributed by atoms with E-state index in [1.165, 1.54) is 35.1 Å². The zero-order valence-electron chi connectivity index (χ0n) is 15.5. The summed E-state index contributed by atoms with van der Waals surface area (Å²) in [7, 11) is 0. The smallest absolute Gasteiger partial charge is 0.0701 e. The van der Waals surface area contributed by atoms with Gasteiger partial charge in [0.05, 0.1) is 5.69 Å². The number of hydrogen-bond acceptors (Lipinski definition) is 2. The van der Waals surface area contributed by atoms with E-state index in [1.54, 1.807) is 0 Å². The quantitative estimate of drug-likeness (QED) is 0.610. The minimum Gasteiger partial charge on any atom is -0.289 e. The van der Waals surface area contributed by atoms with Gasteiger partial charge in [0.2, 0.25) is 0 Å². The number of fused-ring (bicyclic) bond motifs is 2. The molecule has 5 rings (SSSR count). The minimum atomic E-state index is 0.578. The molecule has 2 nitrogen and oxygen atoms in total. The number of pyridine rings is 1. The maximum Gasteiger partial charge on any atom is 0.0701 e. The van der Waals surface area contributed by atoms with Crippen LogP contribution in [-0.2, 0) is 6.54 Å². The second-order valence-corrected chi connectivity index (χ2v) is 7.64. The monoisotopic (exact) mass is 352 g/mol. The molecule has 0 spiro atoms. The van der Waals surface area contributed by atoms with Gasteiger partial charge in [-0.2, -0.15) is 0 Å². The Balaban J connectivity index is 1.36. The molecule has 2 unspecified atom stereocenters. The molecule has 2 aromatic carbocycles. The third-order valence-electron chi connectivity index (χ3n) is 5.96. The van der Waals surface area contributed by atoms with E-state index in [1.807, 2.05) is 18.3 Å². The molecular formula is C25H24N2. The van der Waals surface area contributed by atoms with Crippen molar-refractivity contribution in [2.45, 2.75) is 37.9 Å². The molecule has 0 aliphatic carbocycles. The van der Waals surface area contributed by atoms with Crippen molar-refractivity contribution in [2.24, 2.45) is 0 Å². The van der Waals surface area contributed by atoms with Crippen molar-refractivity contribution >= 4 is 5.57 Å². The molecule has 2 heteroatoms. The van der Waals surface area contributed by atoms with Crippen LogP contribution in [0.4, 0.5) is 0 Å². The SMILES string of the molecule is C1=C(c2ccc(-c3ccccn3)cc2)CC2CCC1N2Cc1ccccc1. The molecule has 3 aromatic rings. The lowest BCUT2D eigenvalue weighted by Crippen LogP contribution is -2.37. The number of benzene rings is 2. The lowest BCUT2D eigenvalue weighted by atomic mass is 9.93. The molecule has 2 aliphatic rings. The molecule has 0 saturated carbocycles. The van der Waals surface area contributed by atoms with E-state index in [0.717, 1.165) is 18.7 Å². The summed E-state index contributed by atoms with van der Waals surface area (Å²) in [6.45, 7) is 1.07. The first kappa shape index (κ1) is 16.5. The Morgan fingerprint density at radius 2 is 1.59 bits per heavy atom. The Morgan fingerprint density at radius 1 is 0.815 bits per heavy atom. The first-order chi connectivity index (χ1) is 13.4. The lowest BCUT2D eigenvalue weighted by Gasteiger charge is -2.34. The van der Waals surface area contributed by atoms with Crippen molar-refractivity contribution in [3.63, 3.8) is 0 Å². The Hall–Kier alpha value is -2.71. The second kappa shape index (κ2) is 7.13. The number of hydrogen-bond donors (Lipinski definition) is 0. The summed E-state index contributed by atoms with van der Waals surface area (Å²) in [5, 5.41) is 0. The van der Waals surface area contributed by atoms with Crippen LogP contribution < -0.4 is 0 Å². The van der Waals surface area contributed by atoms with E-state index >= 15 is 0 Å². The van der Waals surface area contributed by atoms with Gasteiger partial charge in [-0.3, -0.25) is 9.88 Å². The zero-order valence-corrected chi connectivity index (χ0v) is 15.5. The second-order valence-electron chi connectivity index (χ2n) is 7.64. The average Bonchev–Trinajstić information content (AvgIpc) is 2.97. The van der Waals surface area contributed by atoms with Crippen molar-refractivity contribution in [3.05, 3.63) is 96.2 Å². The first-order valence-corrected chi connectivity index (χ1v) is 9.89. The highest BCUT2D eigenvalue weighted by Crippen LogP contribution is 2.39. The van der Waals surface area contributed by atoms with Crippen LogP contribution in [0.2, 0.25) is 0 Å². The van der Waals surface area contributed by atoms with Gasteiger partial charge in [0.15, 0.2) is 0 Å². The van der Waals surface area contributed by atoms with Crippen molar-refractivity contribution in [2.75, 3.05) is 0 Å². The third kappa shape index (κ3) is 3.33. The number of aromatic nitrogens is 1. The molecule has 2 atom stereocenters. The fourth-order valence-electron chi connectivity index (χ4n) is 4.56. The fraction of sp³-hybridized carbons (Fsp3) is 0.240. The van der Waals surface area contributed by atoms with Crippen LogP contribution in [0.15, 0.2) is 85.1 Å². The van der Waals surface area contributed by atoms with Gasteiger partial charge in [-0.25, -0.2) is 0 Å². The van der Waals surface area contributed by atoms with E-state index in [0.29, 0.717) is 12.1 Å². The first-order valence-electron chi connectivity index (χ1n) is 9.89. The van der Waals surface area contributed by atoms with Crippen LogP contribution in [-0.4, -0.2) is 22.0 Å². The standard InChI is InChI=1S/C25H24N2/c1-2-6-19(7-3-1)18-27-23-13-14-24(27)17-22(16-23)20-9-11-21(12-10-20)25-8-4-5-15-26-25/h1-12,15-16,23-24H,13-14,17-18H2. The van der Waals surface area contributed by atoms with Gasteiger partial charge in [0.1, 0.15) is 0 Å². The van der Waals surface area contributed by atoms with Crippen molar-refractivity contribution in [3.8, 4) is 11.3 Å². The van der Waals surface area contributed by atoms with Crippen molar-refractivity contribution < 1.29 is 0 Å². The highest BCUT2D eigenvalue weighted by Gasteiger charge is 2.36. The maximum absolute atomic E-state index is 4.45. The Kier molecular flexibility index (Phi) is 4.35. The Morgan fingerprint density at radius 3 is 2.33 bits per heavy atom. The van der Waals surface area contributed by atoms with Crippen LogP contribution >= 0.6 is 0 Å². The molecule has 1 fully saturated rings. The minimum absolute atomic E-state index is 0.578. The molecular weight excluding hydrogens is 328 g/mol. The van der Waals surface area contributed by atoms with E-state index in [2.05, 4.69) is 76.6 Å². The predicted molar refractivity (Wildman–Crippen MR) is 111 cm³/mol. The van der Waals surface area contributed by atoms with Crippen LogP contribution in [0.5, 0.6) is 0 Å². The molecule has 2 aliphatic heterocycles. The van der Waals surface area contributed by atoms with E-state index in [9.17, 15) is 0 Å². The van der Waals surface area contributed by atoms with Crippen LogP contribution in [0.25, 0.3) is 16.8 Å². The topological polar surface area (TPSA) is 16.1 Å². The van der Waals surface area contributed by atoms with Gasteiger partial charge in [-0.1, -0.05) is 66.7 Å². The highest BCUT2D eigenvalue weighted by atomic mass is 15.2. The van der Waals surface area contributed by atoms with Gasteiger partial charge in [0.25, 0.3) is 0 Å². The Labute approximate surface area is 161 Å². The third-order valence-corrected chi connectivity index (χ3v) is 5.96. The molecule has 3 heterocycles. The van der Waals surface area contributed by atoms with Gasteiger partial charge in [0, 0.05) is 30.4 Å². The molecule has 0 amide bonds. The lowest BCUT2D eigenvalue weighted by molar-refractivity contribution is 0.203. The van der Waals surface area contributed by atoms with Gasteiger partial charge >= 0.3 is 0 Å². The highest BCUT2D eigenvalue weighted by molar-refractivity contribution is 5.71. The largest absolute Gasteiger partial charge is 0.289 e. The van der Waals surface area contributed by atoms with E-state index in [4.69, 9.17) is 0 Å². The van der Waals surface area contributed by atoms with Gasteiger partial charge < -0.3 is 0 Å². The zero-order chi connectivity index (χ0) is 18.1. The summed E-state index contributed by atoms with van der Waals surface area (Å²) in [5.41, 5.74) is 6.52. The number of rotatable bonds is 4. The number of nitrogens with zero attached hydrogens (tertiary/aromatic N) is 2. The Bertz CT molecular complexity index is 929. The predicted octanol–water partition coefficient (Wildman–Crippen LogP) is 5.57. The van der Waals surface area contributed by atoms with Gasteiger partial charge in [-0.15, -0.1) is 0 Å². The average molecular weight is 352 g/mol. The van der Waals surface area contributed by atoms with E-state index < -0.39 is 0 Å². The maximum atomic E-state index is 4.45. The van der Waals surface area contributed by atoms with Crippen LogP contribution in [0.3, 0.4) is 0 Å². The van der Waals surface area contributed by atoms with Crippen LogP contribution in [0.1, 0.15) is 30.4 Å². The summed E-state index contributed by atoms with van der Waals surface area (Å²) in [6.07, 6.45) is 8.12. The molecule has 27 heavy (non-hydrogen) atoms. The summed E-state index contributed by atoms with van der Waals surface area (Å²) >= 11 is 0. The fourth-order valence-corrected chi connectivity index (χ4v) is 4.56. The summed E-state index contributed by atoms with van der Waals surface area (Å²) < 4.78 is 0. The van der Waals surface area contributed by atoms with Gasteiger partial charge in [-0.05, 0) is 48.1 Å². The summed E-state index contributed by atoms with van der Waals surface area (Å²) in [5.74, 6) is 0. The molecule has 134 valence electrons. The molecule has 1 saturated heterocycles. The van der Waals surface area contributed by atoms with Crippen LogP contribution in [0, 0.1) is 0 Å². The summed E-state index contributed by atoms with van der Waals surface area (Å²) in [6, 6.07) is 27.1. The molecule has 0 N–H and O–H groups in total. The van der Waals surface area contributed by atoms with Crippen molar-refractivity contribution in [1.29, 1.82) is 0 Å².